The molecule has 0 fully saturated rings. The van der Waals surface area contributed by atoms with Gasteiger partial charge in [0.2, 0.25) is 0 Å². The van der Waals surface area contributed by atoms with Gasteiger partial charge in [-0.3, -0.25) is 4.40 Å². The SMILES string of the molecule is CC.CC.CCCCc1cccc2nnc(C)n12. The molecule has 2 aromatic heterocycles. The van der Waals surface area contributed by atoms with Crippen molar-refractivity contribution < 1.29 is 0 Å². The van der Waals surface area contributed by atoms with E-state index in [4.69, 9.17) is 0 Å². The molecule has 3 heteroatoms. The van der Waals surface area contributed by atoms with Gasteiger partial charge in [-0.2, -0.15) is 0 Å². The first-order chi connectivity index (χ1) is 8.83. The summed E-state index contributed by atoms with van der Waals surface area (Å²) >= 11 is 0. The van der Waals surface area contributed by atoms with Crippen molar-refractivity contribution in [2.24, 2.45) is 0 Å². The van der Waals surface area contributed by atoms with Crippen molar-refractivity contribution in [1.82, 2.24) is 14.6 Å². The molecular weight excluding hydrogens is 222 g/mol. The molecule has 0 N–H and O–H groups in total. The number of hydrogen-bond acceptors (Lipinski definition) is 2. The zero-order valence-electron chi connectivity index (χ0n) is 12.7. The molecule has 2 aromatic rings. The van der Waals surface area contributed by atoms with Gasteiger partial charge >= 0.3 is 0 Å². The van der Waals surface area contributed by atoms with Crippen LogP contribution in [0.1, 0.15) is 59.0 Å². The van der Waals surface area contributed by atoms with E-state index < -0.39 is 0 Å². The van der Waals surface area contributed by atoms with Crippen LogP contribution in [0, 0.1) is 6.92 Å². The summed E-state index contributed by atoms with van der Waals surface area (Å²) < 4.78 is 2.13. The number of aromatic nitrogens is 3. The first kappa shape index (κ1) is 16.6. The Kier molecular flexibility index (Phi) is 8.89. The van der Waals surface area contributed by atoms with Crippen LogP contribution in [-0.4, -0.2) is 14.6 Å². The number of aryl methyl sites for hydroxylation is 2. The molecule has 0 saturated carbocycles. The maximum Gasteiger partial charge on any atom is 0.160 e. The Morgan fingerprint density at radius 1 is 1.06 bits per heavy atom. The molecule has 0 aliphatic carbocycles. The minimum atomic E-state index is 0.955. The average molecular weight is 249 g/mol. The van der Waals surface area contributed by atoms with Crippen molar-refractivity contribution >= 4 is 5.65 Å². The van der Waals surface area contributed by atoms with Crippen LogP contribution in [0.15, 0.2) is 18.2 Å². The lowest BCUT2D eigenvalue weighted by Gasteiger charge is -2.04. The summed E-state index contributed by atoms with van der Waals surface area (Å²) in [6.45, 7) is 12.2. The van der Waals surface area contributed by atoms with E-state index in [2.05, 4.69) is 33.7 Å². The van der Waals surface area contributed by atoms with E-state index in [1.165, 1.54) is 18.5 Å². The fourth-order valence-corrected chi connectivity index (χ4v) is 1.71. The minimum Gasteiger partial charge on any atom is -0.284 e. The second kappa shape index (κ2) is 9.63. The van der Waals surface area contributed by atoms with E-state index in [1.54, 1.807) is 0 Å². The maximum absolute atomic E-state index is 4.10. The monoisotopic (exact) mass is 249 g/mol. The largest absolute Gasteiger partial charge is 0.284 e. The van der Waals surface area contributed by atoms with Gasteiger partial charge in [-0.15, -0.1) is 10.2 Å². The van der Waals surface area contributed by atoms with Gasteiger partial charge < -0.3 is 0 Å². The third-order valence-electron chi connectivity index (χ3n) is 2.46. The van der Waals surface area contributed by atoms with Crippen molar-refractivity contribution in [3.8, 4) is 0 Å². The molecule has 0 aromatic carbocycles. The predicted octanol–water partition coefficient (Wildman–Crippen LogP) is 4.43. The topological polar surface area (TPSA) is 30.2 Å². The molecule has 0 aliphatic rings. The van der Waals surface area contributed by atoms with Gasteiger partial charge in [-0.1, -0.05) is 47.1 Å². The predicted molar refractivity (Wildman–Crippen MR) is 79.0 cm³/mol. The first-order valence-electron chi connectivity index (χ1n) is 7.12. The highest BCUT2D eigenvalue weighted by Gasteiger charge is 2.04. The quantitative estimate of drug-likeness (QED) is 0.805. The highest BCUT2D eigenvalue weighted by Crippen LogP contribution is 2.10. The van der Waals surface area contributed by atoms with Crippen molar-refractivity contribution in [2.75, 3.05) is 0 Å². The number of rotatable bonds is 3. The van der Waals surface area contributed by atoms with Crippen LogP contribution in [0.5, 0.6) is 0 Å². The number of pyridine rings is 1. The standard InChI is InChI=1S/C11H15N3.2C2H6/c1-3-4-6-10-7-5-8-11-13-12-9(2)14(10)11;2*1-2/h5,7-8H,3-4,6H2,1-2H3;2*1-2H3. The van der Waals surface area contributed by atoms with E-state index in [-0.39, 0.29) is 0 Å². The van der Waals surface area contributed by atoms with E-state index in [0.29, 0.717) is 0 Å². The molecule has 0 unspecified atom stereocenters. The fraction of sp³-hybridized carbons (Fsp3) is 0.600. The minimum absolute atomic E-state index is 0.955. The lowest BCUT2D eigenvalue weighted by molar-refractivity contribution is 0.761. The average Bonchev–Trinajstić information content (AvgIpc) is 2.83. The molecule has 2 rings (SSSR count). The fourth-order valence-electron chi connectivity index (χ4n) is 1.71. The van der Waals surface area contributed by atoms with Crippen LogP contribution in [0.4, 0.5) is 0 Å². The van der Waals surface area contributed by atoms with Crippen LogP contribution in [0.3, 0.4) is 0 Å². The zero-order valence-corrected chi connectivity index (χ0v) is 12.7. The lowest BCUT2D eigenvalue weighted by Crippen LogP contribution is -1.98. The van der Waals surface area contributed by atoms with E-state index in [0.717, 1.165) is 17.9 Å². The molecule has 0 bridgehead atoms. The maximum atomic E-state index is 4.10. The first-order valence-corrected chi connectivity index (χ1v) is 7.12. The molecule has 3 nitrogen and oxygen atoms in total. The molecule has 102 valence electrons. The normalized spacial score (nSPS) is 9.22. The molecule has 18 heavy (non-hydrogen) atoms. The van der Waals surface area contributed by atoms with E-state index in [1.807, 2.05) is 40.7 Å². The van der Waals surface area contributed by atoms with E-state index in [9.17, 15) is 0 Å². The number of hydrogen-bond donors (Lipinski definition) is 0. The summed E-state index contributed by atoms with van der Waals surface area (Å²) in [5, 5.41) is 8.18. The van der Waals surface area contributed by atoms with Crippen LogP contribution < -0.4 is 0 Å². The Balaban J connectivity index is 0.000000659. The Hall–Kier alpha value is -1.38. The van der Waals surface area contributed by atoms with Gasteiger partial charge in [0, 0.05) is 5.69 Å². The highest BCUT2D eigenvalue weighted by atomic mass is 15.2. The molecule has 0 saturated heterocycles. The number of unbranched alkanes of at least 4 members (excludes halogenated alkanes) is 1. The van der Waals surface area contributed by atoms with Crippen LogP contribution >= 0.6 is 0 Å². The molecule has 0 aliphatic heterocycles. The molecule has 0 amide bonds. The lowest BCUT2D eigenvalue weighted by atomic mass is 10.2. The summed E-state index contributed by atoms with van der Waals surface area (Å²) in [5.74, 6) is 0.978. The number of nitrogens with zero attached hydrogens (tertiary/aromatic N) is 3. The molecule has 0 spiro atoms. The van der Waals surface area contributed by atoms with Crippen molar-refractivity contribution in [2.45, 2.75) is 60.8 Å². The third kappa shape index (κ3) is 4.13. The van der Waals surface area contributed by atoms with E-state index >= 15 is 0 Å². The molecule has 0 radical (unpaired) electrons. The second-order valence-corrected chi connectivity index (χ2v) is 3.56. The molecule has 2 heterocycles. The summed E-state index contributed by atoms with van der Waals surface area (Å²) in [7, 11) is 0. The van der Waals surface area contributed by atoms with Gasteiger partial charge in [0.1, 0.15) is 5.82 Å². The summed E-state index contributed by atoms with van der Waals surface area (Å²) in [4.78, 5) is 0. The Bertz CT molecular complexity index is 432. The van der Waals surface area contributed by atoms with Gasteiger partial charge in [-0.25, -0.2) is 0 Å². The highest BCUT2D eigenvalue weighted by molar-refractivity contribution is 5.39. The van der Waals surface area contributed by atoms with Crippen LogP contribution in [-0.2, 0) is 6.42 Å². The van der Waals surface area contributed by atoms with Crippen molar-refractivity contribution in [3.05, 3.63) is 29.7 Å². The Labute approximate surface area is 111 Å². The van der Waals surface area contributed by atoms with Gasteiger partial charge in [0.15, 0.2) is 5.65 Å². The third-order valence-corrected chi connectivity index (χ3v) is 2.46. The zero-order chi connectivity index (χ0) is 14.0. The van der Waals surface area contributed by atoms with Gasteiger partial charge in [0.05, 0.1) is 0 Å². The summed E-state index contributed by atoms with van der Waals surface area (Å²) in [5.41, 5.74) is 2.27. The Morgan fingerprint density at radius 3 is 2.33 bits per heavy atom. The van der Waals surface area contributed by atoms with Crippen molar-refractivity contribution in [3.63, 3.8) is 0 Å². The smallest absolute Gasteiger partial charge is 0.160 e. The van der Waals surface area contributed by atoms with Gasteiger partial charge in [-0.05, 0) is 31.9 Å². The van der Waals surface area contributed by atoms with Crippen LogP contribution in [0.25, 0.3) is 5.65 Å². The molecule has 0 atom stereocenters. The number of fused-ring (bicyclic) bond motifs is 1. The molecular formula is C15H27N3. The van der Waals surface area contributed by atoms with Crippen LogP contribution in [0.2, 0.25) is 0 Å². The van der Waals surface area contributed by atoms with Crippen molar-refractivity contribution in [1.29, 1.82) is 0 Å². The second-order valence-electron chi connectivity index (χ2n) is 3.56. The Morgan fingerprint density at radius 2 is 1.72 bits per heavy atom. The summed E-state index contributed by atoms with van der Waals surface area (Å²) in [6.07, 6.45) is 3.54. The van der Waals surface area contributed by atoms with Gasteiger partial charge in [0.25, 0.3) is 0 Å². The summed E-state index contributed by atoms with van der Waals surface area (Å²) in [6, 6.07) is 6.20.